The number of ether oxygens (including phenoxy) is 1. The van der Waals surface area contributed by atoms with Crippen molar-refractivity contribution in [3.8, 4) is 16.9 Å². The number of hydrogen-bond donors (Lipinski definition) is 0. The number of nitrogens with zero attached hydrogens (tertiary/aromatic N) is 3. The minimum atomic E-state index is -0.0561. The van der Waals surface area contributed by atoms with Crippen LogP contribution in [-0.2, 0) is 9.59 Å². The maximum Gasteiger partial charge on any atom is 0.260 e. The first-order chi connectivity index (χ1) is 12.5. The van der Waals surface area contributed by atoms with E-state index in [4.69, 9.17) is 4.74 Å². The Morgan fingerprint density at radius 3 is 2.46 bits per heavy atom. The summed E-state index contributed by atoms with van der Waals surface area (Å²) < 4.78 is 5.80. The fourth-order valence-electron chi connectivity index (χ4n) is 2.97. The summed E-state index contributed by atoms with van der Waals surface area (Å²) in [5.41, 5.74) is 2.98. The third kappa shape index (κ3) is 4.20. The van der Waals surface area contributed by atoms with Crippen LogP contribution in [0.3, 0.4) is 0 Å². The van der Waals surface area contributed by atoms with Crippen molar-refractivity contribution in [2.24, 2.45) is 0 Å². The summed E-state index contributed by atoms with van der Waals surface area (Å²) >= 11 is 0. The van der Waals surface area contributed by atoms with Gasteiger partial charge in [0.15, 0.2) is 6.61 Å². The Bertz CT molecular complexity index is 784. The molecule has 0 spiro atoms. The minimum absolute atomic E-state index is 0.00257. The smallest absolute Gasteiger partial charge is 0.260 e. The molecule has 0 radical (unpaired) electrons. The molecule has 0 unspecified atom stereocenters. The first kappa shape index (κ1) is 17.9. The van der Waals surface area contributed by atoms with Gasteiger partial charge in [-0.3, -0.25) is 14.6 Å². The summed E-state index contributed by atoms with van der Waals surface area (Å²) in [6.07, 6.45) is 3.54. The fourth-order valence-corrected chi connectivity index (χ4v) is 2.97. The molecule has 1 fully saturated rings. The maximum atomic E-state index is 12.4. The van der Waals surface area contributed by atoms with E-state index < -0.39 is 0 Å². The third-order valence-corrected chi connectivity index (χ3v) is 4.61. The van der Waals surface area contributed by atoms with Crippen LogP contribution in [0.2, 0.25) is 0 Å². The molecule has 6 heteroatoms. The van der Waals surface area contributed by atoms with E-state index in [0.29, 0.717) is 31.9 Å². The van der Waals surface area contributed by atoms with Crippen LogP contribution in [0.15, 0.2) is 42.7 Å². The van der Waals surface area contributed by atoms with Gasteiger partial charge >= 0.3 is 0 Å². The molecule has 1 aliphatic rings. The topological polar surface area (TPSA) is 62.7 Å². The Labute approximate surface area is 153 Å². The fraction of sp³-hybridized carbons (Fsp3) is 0.350. The van der Waals surface area contributed by atoms with E-state index in [-0.39, 0.29) is 18.4 Å². The standard InChI is InChI=1S/C20H23N3O3/c1-15-5-6-17(18-4-3-7-21-13-18)12-19(15)26-14-20(25)23-10-8-22(9-11-23)16(2)24/h3-7,12-13H,8-11,14H2,1-2H3. The van der Waals surface area contributed by atoms with Crippen LogP contribution >= 0.6 is 0 Å². The first-order valence-corrected chi connectivity index (χ1v) is 8.72. The van der Waals surface area contributed by atoms with Crippen LogP contribution in [0.4, 0.5) is 0 Å². The van der Waals surface area contributed by atoms with Crippen molar-refractivity contribution in [3.63, 3.8) is 0 Å². The van der Waals surface area contributed by atoms with E-state index in [0.717, 1.165) is 16.7 Å². The lowest BCUT2D eigenvalue weighted by Crippen LogP contribution is -2.51. The highest BCUT2D eigenvalue weighted by Crippen LogP contribution is 2.26. The second-order valence-corrected chi connectivity index (χ2v) is 6.40. The SMILES string of the molecule is CC(=O)N1CCN(C(=O)COc2cc(-c3cccnc3)ccc2C)CC1. The minimum Gasteiger partial charge on any atom is -0.483 e. The van der Waals surface area contributed by atoms with Crippen molar-refractivity contribution in [2.75, 3.05) is 32.8 Å². The van der Waals surface area contributed by atoms with Gasteiger partial charge in [-0.1, -0.05) is 18.2 Å². The number of benzene rings is 1. The van der Waals surface area contributed by atoms with E-state index in [1.807, 2.05) is 37.3 Å². The van der Waals surface area contributed by atoms with E-state index in [9.17, 15) is 9.59 Å². The molecule has 2 aromatic rings. The number of aryl methyl sites for hydroxylation is 1. The monoisotopic (exact) mass is 353 g/mol. The number of hydrogen-bond acceptors (Lipinski definition) is 4. The molecule has 0 bridgehead atoms. The van der Waals surface area contributed by atoms with Gasteiger partial charge in [0.1, 0.15) is 5.75 Å². The quantitative estimate of drug-likeness (QED) is 0.845. The average molecular weight is 353 g/mol. The van der Waals surface area contributed by atoms with E-state index in [2.05, 4.69) is 4.98 Å². The van der Waals surface area contributed by atoms with Crippen LogP contribution in [-0.4, -0.2) is 59.4 Å². The number of piperazine rings is 1. The molecule has 26 heavy (non-hydrogen) atoms. The van der Waals surface area contributed by atoms with Gasteiger partial charge in [-0.05, 0) is 30.2 Å². The zero-order valence-corrected chi connectivity index (χ0v) is 15.1. The van der Waals surface area contributed by atoms with Gasteiger partial charge in [0, 0.05) is 51.1 Å². The number of carbonyl (C=O) groups excluding carboxylic acids is 2. The summed E-state index contributed by atoms with van der Waals surface area (Å²) in [6.45, 7) is 5.77. The molecule has 2 amide bonds. The molecular formula is C20H23N3O3. The molecule has 1 aromatic heterocycles. The number of carbonyl (C=O) groups is 2. The molecule has 3 rings (SSSR count). The second kappa shape index (κ2) is 7.99. The number of aromatic nitrogens is 1. The lowest BCUT2D eigenvalue weighted by atomic mass is 10.1. The molecular weight excluding hydrogens is 330 g/mol. The number of rotatable bonds is 4. The third-order valence-electron chi connectivity index (χ3n) is 4.61. The van der Waals surface area contributed by atoms with Gasteiger partial charge in [-0.25, -0.2) is 0 Å². The number of pyridine rings is 1. The number of amides is 2. The Hall–Kier alpha value is -2.89. The van der Waals surface area contributed by atoms with E-state index in [1.54, 1.807) is 29.1 Å². The molecule has 0 N–H and O–H groups in total. The Morgan fingerprint density at radius 2 is 1.81 bits per heavy atom. The van der Waals surface area contributed by atoms with E-state index in [1.165, 1.54) is 0 Å². The zero-order chi connectivity index (χ0) is 18.5. The summed E-state index contributed by atoms with van der Waals surface area (Å²) in [5, 5.41) is 0. The van der Waals surface area contributed by atoms with Gasteiger partial charge in [0.25, 0.3) is 5.91 Å². The van der Waals surface area contributed by atoms with Crippen molar-refractivity contribution < 1.29 is 14.3 Å². The van der Waals surface area contributed by atoms with E-state index >= 15 is 0 Å². The zero-order valence-electron chi connectivity index (χ0n) is 15.1. The normalized spacial score (nSPS) is 14.2. The van der Waals surface area contributed by atoms with Crippen LogP contribution < -0.4 is 4.74 Å². The van der Waals surface area contributed by atoms with Crippen LogP contribution in [0.1, 0.15) is 12.5 Å². The molecule has 1 aliphatic heterocycles. The van der Waals surface area contributed by atoms with Crippen molar-refractivity contribution in [1.29, 1.82) is 0 Å². The van der Waals surface area contributed by atoms with Gasteiger partial charge in [-0.2, -0.15) is 0 Å². The van der Waals surface area contributed by atoms with Crippen LogP contribution in [0.5, 0.6) is 5.75 Å². The van der Waals surface area contributed by atoms with Gasteiger partial charge in [-0.15, -0.1) is 0 Å². The average Bonchev–Trinajstić information content (AvgIpc) is 2.68. The molecule has 1 saturated heterocycles. The van der Waals surface area contributed by atoms with Crippen molar-refractivity contribution in [1.82, 2.24) is 14.8 Å². The first-order valence-electron chi connectivity index (χ1n) is 8.72. The Morgan fingerprint density at radius 1 is 1.08 bits per heavy atom. The van der Waals surface area contributed by atoms with Crippen LogP contribution in [0, 0.1) is 6.92 Å². The highest BCUT2D eigenvalue weighted by atomic mass is 16.5. The van der Waals surface area contributed by atoms with Crippen molar-refractivity contribution in [3.05, 3.63) is 48.3 Å². The second-order valence-electron chi connectivity index (χ2n) is 6.40. The maximum absolute atomic E-state index is 12.4. The van der Waals surface area contributed by atoms with Gasteiger partial charge in [0.2, 0.25) is 5.91 Å². The summed E-state index contributed by atoms with van der Waals surface area (Å²) in [4.78, 5) is 31.4. The lowest BCUT2D eigenvalue weighted by molar-refractivity contribution is -0.139. The largest absolute Gasteiger partial charge is 0.483 e. The molecule has 0 saturated carbocycles. The van der Waals surface area contributed by atoms with Crippen molar-refractivity contribution in [2.45, 2.75) is 13.8 Å². The van der Waals surface area contributed by atoms with Gasteiger partial charge < -0.3 is 14.5 Å². The Balaban J connectivity index is 1.61. The molecule has 136 valence electrons. The Kier molecular flexibility index (Phi) is 5.51. The molecule has 6 nitrogen and oxygen atoms in total. The van der Waals surface area contributed by atoms with Crippen LogP contribution in [0.25, 0.3) is 11.1 Å². The lowest BCUT2D eigenvalue weighted by Gasteiger charge is -2.34. The molecule has 2 heterocycles. The molecule has 1 aromatic carbocycles. The summed E-state index contributed by atoms with van der Waals surface area (Å²) in [7, 11) is 0. The highest BCUT2D eigenvalue weighted by Gasteiger charge is 2.22. The summed E-state index contributed by atoms with van der Waals surface area (Å²) in [5.74, 6) is 0.692. The predicted octanol–water partition coefficient (Wildman–Crippen LogP) is 2.13. The highest BCUT2D eigenvalue weighted by molar-refractivity contribution is 5.79. The van der Waals surface area contributed by atoms with Crippen molar-refractivity contribution >= 4 is 11.8 Å². The molecule has 0 aliphatic carbocycles. The van der Waals surface area contributed by atoms with Gasteiger partial charge in [0.05, 0.1) is 0 Å². The molecule has 0 atom stereocenters. The predicted molar refractivity (Wildman–Crippen MR) is 98.7 cm³/mol. The summed E-state index contributed by atoms with van der Waals surface area (Å²) in [6, 6.07) is 9.81.